The molecule has 0 saturated carbocycles. The summed E-state index contributed by atoms with van der Waals surface area (Å²) in [5, 5.41) is 5.06. The van der Waals surface area contributed by atoms with Crippen LogP contribution in [0.2, 0.25) is 0 Å². The molecule has 8 heteroatoms. The summed E-state index contributed by atoms with van der Waals surface area (Å²) in [4.78, 5) is 16.5. The van der Waals surface area contributed by atoms with E-state index in [1.54, 1.807) is 42.6 Å². The highest BCUT2D eigenvalue weighted by Gasteiger charge is 2.09. The van der Waals surface area contributed by atoms with E-state index in [-0.39, 0.29) is 10.8 Å². The third-order valence-electron chi connectivity index (χ3n) is 3.27. The molecule has 1 amide bonds. The second-order valence-corrected chi connectivity index (χ2v) is 8.05. The number of nitrogens with zero attached hydrogens (tertiary/aromatic N) is 1. The minimum atomic E-state index is -3.26. The van der Waals surface area contributed by atoms with Crippen LogP contribution < -0.4 is 10.1 Å². The van der Waals surface area contributed by atoms with Gasteiger partial charge in [0.1, 0.15) is 5.75 Å². The molecule has 3 aromatic rings. The lowest BCUT2D eigenvalue weighted by atomic mass is 10.2. The maximum absolute atomic E-state index is 12.2. The van der Waals surface area contributed by atoms with Gasteiger partial charge in [0.15, 0.2) is 9.84 Å². The van der Waals surface area contributed by atoms with Crippen molar-refractivity contribution in [3.8, 4) is 10.9 Å². The molecule has 1 heterocycles. The van der Waals surface area contributed by atoms with Crippen molar-refractivity contribution in [2.75, 3.05) is 11.6 Å². The van der Waals surface area contributed by atoms with Crippen LogP contribution in [-0.4, -0.2) is 25.6 Å². The van der Waals surface area contributed by atoms with Crippen LogP contribution in [0.25, 0.3) is 0 Å². The van der Waals surface area contributed by atoms with E-state index in [4.69, 9.17) is 4.74 Å². The van der Waals surface area contributed by atoms with Crippen molar-refractivity contribution in [1.29, 1.82) is 0 Å². The van der Waals surface area contributed by atoms with E-state index in [2.05, 4.69) is 10.3 Å². The predicted molar refractivity (Wildman–Crippen MR) is 96.1 cm³/mol. The van der Waals surface area contributed by atoms with Gasteiger partial charge in [-0.2, -0.15) is 0 Å². The van der Waals surface area contributed by atoms with Crippen LogP contribution in [-0.2, 0) is 9.84 Å². The smallest absolute Gasteiger partial charge is 0.278 e. The second kappa shape index (κ2) is 7.04. The number of rotatable bonds is 5. The van der Waals surface area contributed by atoms with Gasteiger partial charge in [0.2, 0.25) is 0 Å². The lowest BCUT2D eigenvalue weighted by Crippen LogP contribution is -2.11. The van der Waals surface area contributed by atoms with Gasteiger partial charge in [-0.15, -0.1) is 0 Å². The molecular formula is C17H14N2O4S2. The van der Waals surface area contributed by atoms with Gasteiger partial charge in [-0.25, -0.2) is 13.4 Å². The Morgan fingerprint density at radius 3 is 2.32 bits per heavy atom. The number of anilines is 1. The molecule has 1 N–H and O–H groups in total. The molecule has 25 heavy (non-hydrogen) atoms. The lowest BCUT2D eigenvalue weighted by molar-refractivity contribution is 0.102. The second-order valence-electron chi connectivity index (χ2n) is 5.18. The van der Waals surface area contributed by atoms with Crippen LogP contribution in [0, 0.1) is 0 Å². The fourth-order valence-corrected chi connectivity index (χ4v) is 3.16. The highest BCUT2D eigenvalue weighted by atomic mass is 32.2. The first-order chi connectivity index (χ1) is 11.9. The van der Waals surface area contributed by atoms with Crippen LogP contribution in [0.5, 0.6) is 10.9 Å². The summed E-state index contributed by atoms with van der Waals surface area (Å²) in [6, 6.07) is 12.7. The third-order valence-corrected chi connectivity index (χ3v) is 5.05. The van der Waals surface area contributed by atoms with Gasteiger partial charge in [-0.3, -0.25) is 4.79 Å². The van der Waals surface area contributed by atoms with Crippen molar-refractivity contribution in [2.45, 2.75) is 4.90 Å². The first-order valence-electron chi connectivity index (χ1n) is 7.21. The molecule has 6 nitrogen and oxygen atoms in total. The van der Waals surface area contributed by atoms with Crippen molar-refractivity contribution in [1.82, 2.24) is 4.98 Å². The lowest BCUT2D eigenvalue weighted by Gasteiger charge is -2.07. The van der Waals surface area contributed by atoms with Crippen molar-refractivity contribution < 1.29 is 17.9 Å². The zero-order valence-corrected chi connectivity index (χ0v) is 14.8. The Morgan fingerprint density at radius 1 is 1.08 bits per heavy atom. The summed E-state index contributed by atoms with van der Waals surface area (Å²) in [6.07, 6.45) is 2.78. The maximum atomic E-state index is 12.2. The van der Waals surface area contributed by atoms with Gasteiger partial charge in [0.05, 0.1) is 4.90 Å². The van der Waals surface area contributed by atoms with Gasteiger partial charge in [-0.05, 0) is 48.5 Å². The number of amides is 1. The summed E-state index contributed by atoms with van der Waals surface area (Å²) in [7, 11) is -3.26. The zero-order valence-electron chi connectivity index (χ0n) is 13.2. The van der Waals surface area contributed by atoms with Gasteiger partial charge in [0, 0.05) is 29.1 Å². The first-order valence-corrected chi connectivity index (χ1v) is 9.98. The molecule has 3 rings (SSSR count). The third kappa shape index (κ3) is 4.43. The fourth-order valence-electron chi connectivity index (χ4n) is 2.02. The number of benzene rings is 2. The first kappa shape index (κ1) is 17.1. The van der Waals surface area contributed by atoms with Crippen LogP contribution >= 0.6 is 11.3 Å². The van der Waals surface area contributed by atoms with Crippen molar-refractivity contribution >= 4 is 32.8 Å². The van der Waals surface area contributed by atoms with E-state index >= 15 is 0 Å². The molecule has 0 radical (unpaired) electrons. The number of carbonyl (C=O) groups excluding carboxylic acids is 1. The summed E-state index contributed by atoms with van der Waals surface area (Å²) < 4.78 is 28.4. The molecule has 0 aliphatic heterocycles. The van der Waals surface area contributed by atoms with Gasteiger partial charge in [-0.1, -0.05) is 11.3 Å². The largest absolute Gasteiger partial charge is 0.431 e. The summed E-state index contributed by atoms with van der Waals surface area (Å²) >= 11 is 1.38. The van der Waals surface area contributed by atoms with Gasteiger partial charge < -0.3 is 10.1 Å². The molecule has 1 aromatic heterocycles. The highest BCUT2D eigenvalue weighted by Crippen LogP contribution is 2.23. The molecule has 0 bridgehead atoms. The number of hydrogen-bond acceptors (Lipinski definition) is 6. The number of carbonyl (C=O) groups is 1. The Kier molecular flexibility index (Phi) is 4.82. The minimum absolute atomic E-state index is 0.203. The number of hydrogen-bond donors (Lipinski definition) is 1. The van der Waals surface area contributed by atoms with E-state index < -0.39 is 9.84 Å². The van der Waals surface area contributed by atoms with E-state index in [1.165, 1.54) is 23.5 Å². The van der Waals surface area contributed by atoms with E-state index in [9.17, 15) is 13.2 Å². The van der Waals surface area contributed by atoms with Crippen molar-refractivity contribution in [2.24, 2.45) is 0 Å². The summed E-state index contributed by atoms with van der Waals surface area (Å²) in [6.45, 7) is 0. The van der Waals surface area contributed by atoms with Crippen LogP contribution in [0.3, 0.4) is 0 Å². The maximum Gasteiger partial charge on any atom is 0.278 e. The number of nitrogens with one attached hydrogen (secondary N) is 1. The summed E-state index contributed by atoms with van der Waals surface area (Å²) in [5.74, 6) is 0.289. The molecule has 0 fully saturated rings. The summed E-state index contributed by atoms with van der Waals surface area (Å²) in [5.41, 5.74) is 0.971. The van der Waals surface area contributed by atoms with Gasteiger partial charge >= 0.3 is 0 Å². The quantitative estimate of drug-likeness (QED) is 0.738. The van der Waals surface area contributed by atoms with Crippen LogP contribution in [0.15, 0.2) is 65.0 Å². The SMILES string of the molecule is CS(=O)(=O)c1ccc(NC(=O)c2ccc(Oc3nccs3)cc2)cc1. The fraction of sp³-hybridized carbons (Fsp3) is 0.0588. The molecule has 0 saturated heterocycles. The Balaban J connectivity index is 1.66. The normalized spacial score (nSPS) is 11.1. The standard InChI is InChI=1S/C17H14N2O4S2/c1-25(21,22)15-8-4-13(5-9-15)19-16(20)12-2-6-14(7-3-12)23-17-18-10-11-24-17/h2-11H,1H3,(H,19,20). The number of thiazole rings is 1. The molecule has 128 valence electrons. The van der Waals surface area contributed by atoms with E-state index in [0.717, 1.165) is 6.26 Å². The molecule has 0 spiro atoms. The number of aromatic nitrogens is 1. The Labute approximate surface area is 149 Å². The van der Waals surface area contributed by atoms with Crippen molar-refractivity contribution in [3.63, 3.8) is 0 Å². The average Bonchev–Trinajstić information content (AvgIpc) is 3.08. The Hall–Kier alpha value is -2.71. The Bertz CT molecular complexity index is 965. The minimum Gasteiger partial charge on any atom is -0.431 e. The molecule has 0 aliphatic carbocycles. The molecule has 0 atom stereocenters. The molecule has 0 aliphatic rings. The van der Waals surface area contributed by atoms with Crippen molar-refractivity contribution in [3.05, 3.63) is 65.7 Å². The van der Waals surface area contributed by atoms with Crippen LogP contribution in [0.1, 0.15) is 10.4 Å². The van der Waals surface area contributed by atoms with E-state index in [0.29, 0.717) is 22.2 Å². The molecular weight excluding hydrogens is 360 g/mol. The monoisotopic (exact) mass is 374 g/mol. The molecule has 2 aromatic carbocycles. The number of sulfone groups is 1. The topological polar surface area (TPSA) is 85.4 Å². The average molecular weight is 374 g/mol. The highest BCUT2D eigenvalue weighted by molar-refractivity contribution is 7.90. The zero-order chi connectivity index (χ0) is 17.9. The molecule has 0 unspecified atom stereocenters. The van der Waals surface area contributed by atoms with Crippen LogP contribution in [0.4, 0.5) is 5.69 Å². The number of ether oxygens (including phenoxy) is 1. The predicted octanol–water partition coefficient (Wildman–Crippen LogP) is 3.59. The van der Waals surface area contributed by atoms with E-state index in [1.807, 2.05) is 5.38 Å². The Morgan fingerprint density at radius 2 is 1.76 bits per heavy atom. The van der Waals surface area contributed by atoms with Gasteiger partial charge in [0.25, 0.3) is 11.1 Å².